The van der Waals surface area contributed by atoms with Gasteiger partial charge in [0.25, 0.3) is 0 Å². The number of unbranched alkanes of at least 4 members (excludes halogenated alkanes) is 1. The van der Waals surface area contributed by atoms with Crippen molar-refractivity contribution >= 4 is 50.1 Å². The van der Waals surface area contributed by atoms with E-state index in [1.807, 2.05) is 19.9 Å². The number of nitrogens with one attached hydrogen (secondary N) is 2. The van der Waals surface area contributed by atoms with Gasteiger partial charge in [0.1, 0.15) is 18.2 Å². The van der Waals surface area contributed by atoms with E-state index in [4.69, 9.17) is 19.0 Å². The van der Waals surface area contributed by atoms with E-state index in [1.54, 1.807) is 23.5 Å². The largest absolute Gasteiger partial charge is 0.489 e. The Bertz CT molecular complexity index is 2940. The number of amides is 1. The van der Waals surface area contributed by atoms with Crippen LogP contribution in [0.5, 0.6) is 5.75 Å². The zero-order chi connectivity index (χ0) is 45.6. The lowest BCUT2D eigenvalue weighted by Gasteiger charge is -2.27. The molecule has 13 heteroatoms. The second-order valence-electron chi connectivity index (χ2n) is 17.4. The van der Waals surface area contributed by atoms with E-state index in [2.05, 4.69) is 110 Å². The molecule has 2 N–H and O–H groups in total. The van der Waals surface area contributed by atoms with Gasteiger partial charge < -0.3 is 33.8 Å². The van der Waals surface area contributed by atoms with Crippen LogP contribution in [-0.2, 0) is 42.0 Å². The molecule has 1 aliphatic rings. The third kappa shape index (κ3) is 10.2. The molecule has 0 bridgehead atoms. The van der Waals surface area contributed by atoms with Crippen LogP contribution < -0.4 is 15.4 Å². The first-order valence-electron chi connectivity index (χ1n) is 23.4. The molecule has 0 radical (unpaired) electrons. The molecule has 1 amide bonds. The van der Waals surface area contributed by atoms with Crippen LogP contribution in [-0.4, -0.2) is 82.6 Å². The number of aryl methyl sites for hydroxylation is 6. The molecule has 4 aromatic carbocycles. The van der Waals surface area contributed by atoms with Gasteiger partial charge in [0.15, 0.2) is 11.6 Å². The zero-order valence-electron chi connectivity index (χ0n) is 38.6. The van der Waals surface area contributed by atoms with Crippen LogP contribution in [0.25, 0.3) is 54.4 Å². The summed E-state index contributed by atoms with van der Waals surface area (Å²) < 4.78 is 36.8. The fraction of sp³-hybridized carbons (Fsp3) is 0.377. The lowest BCUT2D eigenvalue weighted by atomic mass is 10.0. The number of benzene rings is 4. The second-order valence-corrected chi connectivity index (χ2v) is 18.4. The van der Waals surface area contributed by atoms with Crippen molar-refractivity contribution in [1.82, 2.24) is 34.8 Å². The molecule has 0 saturated carbocycles. The number of imidazole rings is 1. The topological polar surface area (TPSA) is 112 Å². The van der Waals surface area contributed by atoms with E-state index in [-0.39, 0.29) is 18.3 Å². The van der Waals surface area contributed by atoms with Crippen molar-refractivity contribution in [2.24, 2.45) is 0 Å². The van der Waals surface area contributed by atoms with E-state index < -0.39 is 5.82 Å². The first kappa shape index (κ1) is 45.3. The summed E-state index contributed by atoms with van der Waals surface area (Å²) in [6.07, 6.45) is 3.38. The highest BCUT2D eigenvalue weighted by Crippen LogP contribution is 2.35. The minimum absolute atomic E-state index is 0.0274. The molecule has 0 atom stereocenters. The highest BCUT2D eigenvalue weighted by Gasteiger charge is 2.19. The Labute approximate surface area is 389 Å². The minimum atomic E-state index is -0.414. The molecule has 66 heavy (non-hydrogen) atoms. The fourth-order valence-electron chi connectivity index (χ4n) is 9.35. The summed E-state index contributed by atoms with van der Waals surface area (Å²) in [5.41, 5.74) is 12.1. The third-order valence-electron chi connectivity index (χ3n) is 12.8. The van der Waals surface area contributed by atoms with Gasteiger partial charge >= 0.3 is 0 Å². The zero-order valence-corrected chi connectivity index (χ0v) is 39.4. The Morgan fingerprint density at radius 1 is 0.833 bits per heavy atom. The Hall–Kier alpha value is -5.86. The molecule has 344 valence electrons. The second kappa shape index (κ2) is 20.8. The van der Waals surface area contributed by atoms with Crippen molar-refractivity contribution in [3.8, 4) is 27.3 Å². The van der Waals surface area contributed by atoms with Crippen LogP contribution in [0, 0.1) is 26.6 Å². The smallest absolute Gasteiger partial charge is 0.220 e. The number of thiophene rings is 1. The molecule has 4 aromatic heterocycles. The van der Waals surface area contributed by atoms with E-state index in [0.29, 0.717) is 25.8 Å². The predicted octanol–water partition coefficient (Wildman–Crippen LogP) is 10.2. The van der Waals surface area contributed by atoms with Crippen LogP contribution in [0.15, 0.2) is 88.8 Å². The molecule has 0 aliphatic carbocycles. The van der Waals surface area contributed by atoms with Gasteiger partial charge in [-0.1, -0.05) is 35.5 Å². The summed E-state index contributed by atoms with van der Waals surface area (Å²) in [6.45, 7) is 16.3. The van der Waals surface area contributed by atoms with Crippen molar-refractivity contribution in [3.63, 3.8) is 0 Å². The standard InChI is InChI=1S/C53H60FN7O4S/c1-5-60-46-15-9-39(29-43(46)42-14-12-40(32-48(42)60)50-28-35(2)34-66-50)33-55-19-7-6-8-52(62)56-20-25-64-49-17-10-38(30-44(49)54)11-18-51-57-45-31-41(53-36(3)58-65-37(53)4)13-16-47(45)61(51)22-21-59-23-26-63-27-24-59/h9-10,12-17,28-32,34,55H,5-8,11,18-27,33H2,1-4H3,(H,56,62). The van der Waals surface area contributed by atoms with Crippen molar-refractivity contribution in [1.29, 1.82) is 0 Å². The van der Waals surface area contributed by atoms with Crippen molar-refractivity contribution in [2.75, 3.05) is 52.5 Å². The van der Waals surface area contributed by atoms with Crippen molar-refractivity contribution in [3.05, 3.63) is 124 Å². The van der Waals surface area contributed by atoms with Gasteiger partial charge in [0.2, 0.25) is 5.91 Å². The highest BCUT2D eigenvalue weighted by atomic mass is 32.1. The lowest BCUT2D eigenvalue weighted by molar-refractivity contribution is -0.121. The molecule has 5 heterocycles. The van der Waals surface area contributed by atoms with Gasteiger partial charge in [-0.2, -0.15) is 0 Å². The fourth-order valence-corrected chi connectivity index (χ4v) is 10.2. The summed E-state index contributed by atoms with van der Waals surface area (Å²) in [6, 6.07) is 27.4. The number of nitrogens with zero attached hydrogens (tertiary/aromatic N) is 5. The monoisotopic (exact) mass is 909 g/mol. The van der Waals surface area contributed by atoms with E-state index in [1.165, 1.54) is 43.4 Å². The molecular weight excluding hydrogens is 850 g/mol. The number of morpholine rings is 1. The average molecular weight is 910 g/mol. The Morgan fingerprint density at radius 3 is 2.45 bits per heavy atom. The van der Waals surface area contributed by atoms with E-state index in [0.717, 1.165) is 117 Å². The first-order valence-corrected chi connectivity index (χ1v) is 24.3. The minimum Gasteiger partial charge on any atom is -0.489 e. The van der Waals surface area contributed by atoms with Crippen LogP contribution in [0.3, 0.4) is 0 Å². The van der Waals surface area contributed by atoms with E-state index in [9.17, 15) is 4.79 Å². The molecule has 1 aliphatic heterocycles. The maximum absolute atomic E-state index is 15.3. The van der Waals surface area contributed by atoms with Gasteiger partial charge in [-0.3, -0.25) is 9.69 Å². The lowest BCUT2D eigenvalue weighted by Crippen LogP contribution is -2.38. The number of hydrogen-bond acceptors (Lipinski definition) is 9. The number of aromatic nitrogens is 4. The molecule has 11 nitrogen and oxygen atoms in total. The van der Waals surface area contributed by atoms with Crippen LogP contribution >= 0.6 is 11.3 Å². The number of halogens is 1. The van der Waals surface area contributed by atoms with Gasteiger partial charge in [0.05, 0.1) is 36.5 Å². The van der Waals surface area contributed by atoms with Gasteiger partial charge in [-0.05, 0) is 135 Å². The van der Waals surface area contributed by atoms with Crippen molar-refractivity contribution in [2.45, 2.75) is 79.4 Å². The average Bonchev–Trinajstić information content (AvgIpc) is 4.09. The maximum atomic E-state index is 15.3. The highest BCUT2D eigenvalue weighted by molar-refractivity contribution is 7.13. The summed E-state index contributed by atoms with van der Waals surface area (Å²) >= 11 is 1.80. The van der Waals surface area contributed by atoms with Crippen molar-refractivity contribution < 1.29 is 23.2 Å². The Kier molecular flexibility index (Phi) is 14.2. The van der Waals surface area contributed by atoms with E-state index >= 15 is 4.39 Å². The van der Waals surface area contributed by atoms with Gasteiger partial charge in [-0.25, -0.2) is 9.37 Å². The summed E-state index contributed by atoms with van der Waals surface area (Å²) in [5.74, 6) is 1.48. The molecule has 0 unspecified atom stereocenters. The number of hydrogen-bond donors (Lipinski definition) is 2. The molecule has 9 rings (SSSR count). The summed E-state index contributed by atoms with van der Waals surface area (Å²) in [4.78, 5) is 21.4. The van der Waals surface area contributed by atoms with Gasteiger partial charge in [0, 0.05) is 84.4 Å². The quantitative estimate of drug-likeness (QED) is 0.0728. The SMILES string of the molecule is CCn1c2ccc(CNCCCCC(=O)NCCOc3ccc(CCc4nc5cc(-c6c(C)noc6C)ccc5n4CCN4CCOCC4)cc3F)cc2c2ccc(-c3cc(C)cs3)cc21. The molecule has 8 aromatic rings. The summed E-state index contributed by atoms with van der Waals surface area (Å²) in [7, 11) is 0. The maximum Gasteiger partial charge on any atom is 0.220 e. The Morgan fingerprint density at radius 2 is 1.67 bits per heavy atom. The van der Waals surface area contributed by atoms with Gasteiger partial charge in [-0.15, -0.1) is 11.3 Å². The molecule has 1 fully saturated rings. The number of ether oxygens (including phenoxy) is 2. The number of carbonyl (C=O) groups is 1. The number of rotatable bonds is 20. The van der Waals surface area contributed by atoms with Crippen LogP contribution in [0.2, 0.25) is 0 Å². The molecular formula is C53H60FN7O4S. The summed E-state index contributed by atoms with van der Waals surface area (Å²) in [5, 5.41) is 15.4. The number of carbonyl (C=O) groups excluding carboxylic acids is 1. The molecule has 1 saturated heterocycles. The third-order valence-corrected chi connectivity index (χ3v) is 13.9. The predicted molar refractivity (Wildman–Crippen MR) is 263 cm³/mol. The first-order chi connectivity index (χ1) is 32.2. The number of fused-ring (bicyclic) bond motifs is 4. The molecule has 0 spiro atoms. The van der Waals surface area contributed by atoms with Crippen LogP contribution in [0.1, 0.15) is 60.2 Å². The normalized spacial score (nSPS) is 13.4. The Balaban J connectivity index is 0.711. The van der Waals surface area contributed by atoms with Crippen LogP contribution in [0.4, 0.5) is 4.39 Å².